The number of anilines is 4. The molecule has 17 heavy (non-hydrogen) atoms. The van der Waals surface area contributed by atoms with Gasteiger partial charge in [-0.25, -0.2) is 0 Å². The lowest BCUT2D eigenvalue weighted by atomic mass is 10.4. The first kappa shape index (κ1) is 11.2. The molecule has 0 atom stereocenters. The molecule has 0 aliphatic carbocycles. The minimum absolute atomic E-state index is 0.135. The Hall–Kier alpha value is -2.31. The Morgan fingerprint density at radius 2 is 2.00 bits per heavy atom. The topological polar surface area (TPSA) is 108 Å². The molecule has 0 unspecified atom stereocenters. The Morgan fingerprint density at radius 1 is 1.24 bits per heavy atom. The normalized spacial score (nSPS) is 10.8. The highest BCUT2D eigenvalue weighted by Gasteiger charge is 2.04. The number of rotatable bonds is 3. The SMILES string of the molecule is CC(C)n1ccc(Nc2cc(N)nc(N)n2)n1. The third-order valence-electron chi connectivity index (χ3n) is 2.16. The number of nitrogens with zero attached hydrogens (tertiary/aromatic N) is 4. The van der Waals surface area contributed by atoms with E-state index in [2.05, 4.69) is 34.2 Å². The Bertz CT molecular complexity index is 497. The van der Waals surface area contributed by atoms with Crippen LogP contribution in [0.5, 0.6) is 0 Å². The van der Waals surface area contributed by atoms with E-state index in [9.17, 15) is 0 Å². The summed E-state index contributed by atoms with van der Waals surface area (Å²) in [6, 6.07) is 3.77. The van der Waals surface area contributed by atoms with Crippen molar-refractivity contribution in [1.82, 2.24) is 19.7 Å². The maximum Gasteiger partial charge on any atom is 0.223 e. The average Bonchev–Trinajstić information content (AvgIpc) is 2.64. The van der Waals surface area contributed by atoms with Crippen LogP contribution in [0.2, 0.25) is 0 Å². The monoisotopic (exact) mass is 233 g/mol. The number of nitrogens with one attached hydrogen (secondary N) is 1. The first-order chi connectivity index (χ1) is 8.04. The standard InChI is InChI=1S/C10H15N7/c1-6(2)17-4-3-8(16-17)14-9-5-7(11)13-10(12)15-9/h3-6H,1-2H3,(H5,11,12,13,14,15,16). The maximum absolute atomic E-state index is 5.57. The molecule has 0 aliphatic rings. The van der Waals surface area contributed by atoms with Gasteiger partial charge in [0.2, 0.25) is 5.95 Å². The van der Waals surface area contributed by atoms with E-state index in [0.717, 1.165) is 0 Å². The molecule has 0 aliphatic heterocycles. The summed E-state index contributed by atoms with van der Waals surface area (Å²) in [4.78, 5) is 7.80. The van der Waals surface area contributed by atoms with Crippen LogP contribution in [0.1, 0.15) is 19.9 Å². The van der Waals surface area contributed by atoms with Crippen LogP contribution in [0.15, 0.2) is 18.3 Å². The molecule has 0 bridgehead atoms. The van der Waals surface area contributed by atoms with Crippen molar-refractivity contribution < 1.29 is 0 Å². The van der Waals surface area contributed by atoms with Crippen molar-refractivity contribution in [2.45, 2.75) is 19.9 Å². The summed E-state index contributed by atoms with van der Waals surface area (Å²) in [5.41, 5.74) is 11.1. The van der Waals surface area contributed by atoms with E-state index >= 15 is 0 Å². The van der Waals surface area contributed by atoms with Gasteiger partial charge in [0, 0.05) is 24.4 Å². The lowest BCUT2D eigenvalue weighted by molar-refractivity contribution is 0.534. The van der Waals surface area contributed by atoms with E-state index in [0.29, 0.717) is 23.5 Å². The molecule has 0 saturated heterocycles. The van der Waals surface area contributed by atoms with Gasteiger partial charge < -0.3 is 16.8 Å². The van der Waals surface area contributed by atoms with E-state index in [1.54, 1.807) is 6.07 Å². The Balaban J connectivity index is 2.19. The van der Waals surface area contributed by atoms with Gasteiger partial charge in [-0.3, -0.25) is 4.68 Å². The molecule has 0 saturated carbocycles. The van der Waals surface area contributed by atoms with Crippen molar-refractivity contribution in [2.24, 2.45) is 0 Å². The zero-order valence-corrected chi connectivity index (χ0v) is 9.75. The van der Waals surface area contributed by atoms with Crippen LogP contribution in [-0.4, -0.2) is 19.7 Å². The number of nitrogens with two attached hydrogens (primary N) is 2. The molecule has 0 aromatic carbocycles. The van der Waals surface area contributed by atoms with Gasteiger partial charge in [0.15, 0.2) is 5.82 Å². The number of aromatic nitrogens is 4. The second-order valence-electron chi connectivity index (χ2n) is 3.94. The predicted octanol–water partition coefficient (Wildman–Crippen LogP) is 1.16. The van der Waals surface area contributed by atoms with Crippen molar-refractivity contribution >= 4 is 23.4 Å². The molecule has 90 valence electrons. The summed E-state index contributed by atoms with van der Waals surface area (Å²) in [6.07, 6.45) is 1.89. The molecule has 2 rings (SSSR count). The van der Waals surface area contributed by atoms with Crippen molar-refractivity contribution in [2.75, 3.05) is 16.8 Å². The third kappa shape index (κ3) is 2.63. The number of hydrogen-bond acceptors (Lipinski definition) is 6. The van der Waals surface area contributed by atoms with Crippen LogP contribution < -0.4 is 16.8 Å². The molecule has 0 spiro atoms. The third-order valence-corrected chi connectivity index (χ3v) is 2.16. The molecule has 2 aromatic heterocycles. The summed E-state index contributed by atoms with van der Waals surface area (Å²) in [6.45, 7) is 4.11. The van der Waals surface area contributed by atoms with Gasteiger partial charge in [0.25, 0.3) is 0 Å². The highest BCUT2D eigenvalue weighted by molar-refractivity contribution is 5.56. The lowest BCUT2D eigenvalue weighted by Gasteiger charge is -2.05. The van der Waals surface area contributed by atoms with Crippen LogP contribution in [0.4, 0.5) is 23.4 Å². The van der Waals surface area contributed by atoms with Gasteiger partial charge in [0.05, 0.1) is 0 Å². The molecular formula is C10H15N7. The van der Waals surface area contributed by atoms with Gasteiger partial charge in [0.1, 0.15) is 11.6 Å². The average molecular weight is 233 g/mol. The molecule has 0 radical (unpaired) electrons. The zero-order chi connectivity index (χ0) is 12.4. The number of hydrogen-bond donors (Lipinski definition) is 3. The Kier molecular flexibility index (Phi) is 2.82. The van der Waals surface area contributed by atoms with Gasteiger partial charge in [-0.1, -0.05) is 0 Å². The van der Waals surface area contributed by atoms with Crippen molar-refractivity contribution in [3.05, 3.63) is 18.3 Å². The maximum atomic E-state index is 5.57. The molecule has 5 N–H and O–H groups in total. The Labute approximate surface area is 98.9 Å². The fourth-order valence-corrected chi connectivity index (χ4v) is 1.37. The van der Waals surface area contributed by atoms with E-state index < -0.39 is 0 Å². The summed E-state index contributed by atoms with van der Waals surface area (Å²) in [7, 11) is 0. The molecule has 7 nitrogen and oxygen atoms in total. The minimum Gasteiger partial charge on any atom is -0.383 e. The van der Waals surface area contributed by atoms with E-state index in [1.165, 1.54) is 0 Å². The molecule has 2 aromatic rings. The fraction of sp³-hybridized carbons (Fsp3) is 0.300. The second kappa shape index (κ2) is 4.28. The zero-order valence-electron chi connectivity index (χ0n) is 9.75. The summed E-state index contributed by atoms with van der Waals surface area (Å²) in [5.74, 6) is 1.68. The molecule has 2 heterocycles. The molecule has 0 amide bonds. The smallest absolute Gasteiger partial charge is 0.223 e. The molecule has 0 fully saturated rings. The van der Waals surface area contributed by atoms with Gasteiger partial charge in [-0.15, -0.1) is 0 Å². The van der Waals surface area contributed by atoms with Crippen LogP contribution in [0, 0.1) is 0 Å². The lowest BCUT2D eigenvalue weighted by Crippen LogP contribution is -2.04. The van der Waals surface area contributed by atoms with Crippen LogP contribution in [0.25, 0.3) is 0 Å². The van der Waals surface area contributed by atoms with Gasteiger partial charge >= 0.3 is 0 Å². The van der Waals surface area contributed by atoms with E-state index in [-0.39, 0.29) is 5.95 Å². The van der Waals surface area contributed by atoms with E-state index in [4.69, 9.17) is 11.5 Å². The predicted molar refractivity (Wildman–Crippen MR) is 66.8 cm³/mol. The minimum atomic E-state index is 0.135. The first-order valence-electron chi connectivity index (χ1n) is 5.27. The van der Waals surface area contributed by atoms with Crippen LogP contribution in [0.3, 0.4) is 0 Å². The van der Waals surface area contributed by atoms with Gasteiger partial charge in [-0.2, -0.15) is 15.1 Å². The largest absolute Gasteiger partial charge is 0.383 e. The highest BCUT2D eigenvalue weighted by Crippen LogP contribution is 2.16. The molecular weight excluding hydrogens is 218 g/mol. The van der Waals surface area contributed by atoms with Gasteiger partial charge in [-0.05, 0) is 13.8 Å². The van der Waals surface area contributed by atoms with Crippen molar-refractivity contribution in [1.29, 1.82) is 0 Å². The molecule has 7 heteroatoms. The van der Waals surface area contributed by atoms with E-state index in [1.807, 2.05) is 16.9 Å². The summed E-state index contributed by atoms with van der Waals surface area (Å²) < 4.78 is 1.84. The fourth-order valence-electron chi connectivity index (χ4n) is 1.37. The van der Waals surface area contributed by atoms with Crippen LogP contribution >= 0.6 is 0 Å². The Morgan fingerprint density at radius 3 is 2.59 bits per heavy atom. The quantitative estimate of drug-likeness (QED) is 0.734. The number of nitrogen functional groups attached to an aromatic ring is 2. The highest BCUT2D eigenvalue weighted by atomic mass is 15.3. The van der Waals surface area contributed by atoms with Crippen molar-refractivity contribution in [3.63, 3.8) is 0 Å². The van der Waals surface area contributed by atoms with Crippen molar-refractivity contribution in [3.8, 4) is 0 Å². The van der Waals surface area contributed by atoms with Crippen LogP contribution in [-0.2, 0) is 0 Å². The summed E-state index contributed by atoms with van der Waals surface area (Å²) >= 11 is 0. The second-order valence-corrected chi connectivity index (χ2v) is 3.94. The summed E-state index contributed by atoms with van der Waals surface area (Å²) in [5, 5.41) is 7.35. The first-order valence-corrected chi connectivity index (χ1v) is 5.27.